The number of anilines is 1. The lowest BCUT2D eigenvalue weighted by Crippen LogP contribution is -2.40. The molecule has 1 aliphatic heterocycles. The van der Waals surface area contributed by atoms with Gasteiger partial charge in [-0.05, 0) is 37.6 Å². The summed E-state index contributed by atoms with van der Waals surface area (Å²) in [4.78, 5) is 17.4. The number of amides is 1. The van der Waals surface area contributed by atoms with Crippen molar-refractivity contribution in [3.63, 3.8) is 0 Å². The second-order valence-electron chi connectivity index (χ2n) is 7.47. The zero-order valence-electron chi connectivity index (χ0n) is 17.6. The van der Waals surface area contributed by atoms with Gasteiger partial charge in [-0.25, -0.2) is 13.4 Å². The Hall–Kier alpha value is -2.30. The van der Waals surface area contributed by atoms with Crippen LogP contribution in [-0.2, 0) is 14.8 Å². The molecule has 1 fully saturated rings. The standard InChI is InChI=1S/C22H22ClN3O4S2/c1-14-3-5-17(15(2)11-14)20-13-31-22(24-20)25-21(27)18-12-16(4-6-19(18)23)32(28,29)26-7-9-30-10-8-26/h3-6,11-13H,7-10H2,1-2H3,(H,24,25,27). The first-order chi connectivity index (χ1) is 15.3. The molecule has 1 N–H and O–H groups in total. The third-order valence-electron chi connectivity index (χ3n) is 5.17. The topological polar surface area (TPSA) is 88.6 Å². The van der Waals surface area contributed by atoms with Crippen molar-refractivity contribution in [2.24, 2.45) is 0 Å². The van der Waals surface area contributed by atoms with E-state index < -0.39 is 15.9 Å². The maximum Gasteiger partial charge on any atom is 0.259 e. The van der Waals surface area contributed by atoms with Crippen LogP contribution >= 0.6 is 22.9 Å². The van der Waals surface area contributed by atoms with Gasteiger partial charge in [-0.2, -0.15) is 4.31 Å². The molecule has 1 saturated heterocycles. The van der Waals surface area contributed by atoms with E-state index in [1.54, 1.807) is 0 Å². The maximum atomic E-state index is 12.9. The molecule has 0 atom stereocenters. The monoisotopic (exact) mass is 491 g/mol. The normalized spacial score (nSPS) is 15.0. The van der Waals surface area contributed by atoms with Crippen LogP contribution in [0.25, 0.3) is 11.3 Å². The molecule has 7 nitrogen and oxygen atoms in total. The number of ether oxygens (including phenoxy) is 1. The van der Waals surface area contributed by atoms with Crippen molar-refractivity contribution < 1.29 is 17.9 Å². The van der Waals surface area contributed by atoms with Crippen LogP contribution in [0, 0.1) is 13.8 Å². The Morgan fingerprint density at radius 3 is 2.62 bits per heavy atom. The number of aromatic nitrogens is 1. The van der Waals surface area contributed by atoms with E-state index >= 15 is 0 Å². The number of rotatable bonds is 5. The molecule has 1 amide bonds. The highest BCUT2D eigenvalue weighted by atomic mass is 35.5. The van der Waals surface area contributed by atoms with E-state index in [0.717, 1.165) is 22.4 Å². The number of sulfonamides is 1. The van der Waals surface area contributed by atoms with Gasteiger partial charge in [0.1, 0.15) is 0 Å². The Labute approximate surface area is 196 Å². The summed E-state index contributed by atoms with van der Waals surface area (Å²) in [5, 5.41) is 5.17. The van der Waals surface area contributed by atoms with Crippen LogP contribution in [0.15, 0.2) is 46.7 Å². The lowest BCUT2D eigenvalue weighted by Gasteiger charge is -2.26. The van der Waals surface area contributed by atoms with Gasteiger partial charge in [-0.3, -0.25) is 10.1 Å². The fourth-order valence-corrected chi connectivity index (χ4v) is 5.84. The number of nitrogens with one attached hydrogen (secondary N) is 1. The minimum atomic E-state index is -3.75. The largest absolute Gasteiger partial charge is 0.379 e. The molecule has 1 aromatic heterocycles. The number of aryl methyl sites for hydroxylation is 2. The number of halogens is 1. The number of morpholine rings is 1. The van der Waals surface area contributed by atoms with E-state index in [9.17, 15) is 13.2 Å². The highest BCUT2D eigenvalue weighted by Crippen LogP contribution is 2.29. The molecule has 4 rings (SSSR count). The summed E-state index contributed by atoms with van der Waals surface area (Å²) in [6.07, 6.45) is 0. The van der Waals surface area contributed by atoms with Gasteiger partial charge < -0.3 is 4.74 Å². The number of thiazole rings is 1. The summed E-state index contributed by atoms with van der Waals surface area (Å²) >= 11 is 7.52. The molecular weight excluding hydrogens is 470 g/mol. The molecule has 0 unspecified atom stereocenters. The lowest BCUT2D eigenvalue weighted by molar-refractivity contribution is 0.0730. The second-order valence-corrected chi connectivity index (χ2v) is 10.7. The Kier molecular flexibility index (Phi) is 6.64. The summed E-state index contributed by atoms with van der Waals surface area (Å²) in [5.41, 5.74) is 4.08. The van der Waals surface area contributed by atoms with E-state index in [2.05, 4.69) is 16.4 Å². The van der Waals surface area contributed by atoms with Gasteiger partial charge in [-0.1, -0.05) is 35.4 Å². The molecule has 168 valence electrons. The highest BCUT2D eigenvalue weighted by molar-refractivity contribution is 7.89. The second kappa shape index (κ2) is 9.29. The minimum Gasteiger partial charge on any atom is -0.379 e. The zero-order chi connectivity index (χ0) is 22.9. The van der Waals surface area contributed by atoms with Crippen LogP contribution in [0.5, 0.6) is 0 Å². The third kappa shape index (κ3) is 4.72. The number of hydrogen-bond donors (Lipinski definition) is 1. The van der Waals surface area contributed by atoms with E-state index in [0.29, 0.717) is 18.3 Å². The zero-order valence-corrected chi connectivity index (χ0v) is 20.0. The average molecular weight is 492 g/mol. The maximum absolute atomic E-state index is 12.9. The van der Waals surface area contributed by atoms with Crippen LogP contribution < -0.4 is 5.32 Å². The first-order valence-electron chi connectivity index (χ1n) is 9.97. The Balaban J connectivity index is 1.56. The quantitative estimate of drug-likeness (QED) is 0.573. The summed E-state index contributed by atoms with van der Waals surface area (Å²) in [6.45, 7) is 5.26. The molecule has 0 radical (unpaired) electrons. The van der Waals surface area contributed by atoms with Crippen LogP contribution in [-0.4, -0.2) is 49.9 Å². The molecule has 0 saturated carbocycles. The van der Waals surface area contributed by atoms with E-state index in [1.807, 2.05) is 31.4 Å². The number of carbonyl (C=O) groups excluding carboxylic acids is 1. The summed E-state index contributed by atoms with van der Waals surface area (Å²) in [7, 11) is -3.75. The van der Waals surface area contributed by atoms with E-state index in [-0.39, 0.29) is 28.6 Å². The van der Waals surface area contributed by atoms with Crippen molar-refractivity contribution >= 4 is 44.0 Å². The van der Waals surface area contributed by atoms with E-state index in [4.69, 9.17) is 16.3 Å². The number of carbonyl (C=O) groups is 1. The molecule has 1 aliphatic rings. The van der Waals surface area contributed by atoms with E-state index in [1.165, 1.54) is 33.8 Å². The summed E-state index contributed by atoms with van der Waals surface area (Å²) < 4.78 is 32.4. The van der Waals surface area contributed by atoms with Crippen molar-refractivity contribution in [2.75, 3.05) is 31.6 Å². The summed E-state index contributed by atoms with van der Waals surface area (Å²) in [5.74, 6) is -0.518. The van der Waals surface area contributed by atoms with Crippen molar-refractivity contribution in [3.05, 3.63) is 63.5 Å². The predicted octanol–water partition coefficient (Wildman–Crippen LogP) is 4.35. The highest BCUT2D eigenvalue weighted by Gasteiger charge is 2.27. The lowest BCUT2D eigenvalue weighted by atomic mass is 10.0. The van der Waals surface area contributed by atoms with Crippen LogP contribution in [0.3, 0.4) is 0 Å². The molecule has 2 aromatic carbocycles. The smallest absolute Gasteiger partial charge is 0.259 e. The van der Waals surface area contributed by atoms with Crippen LogP contribution in [0.2, 0.25) is 5.02 Å². The Morgan fingerprint density at radius 1 is 1.16 bits per heavy atom. The fourth-order valence-electron chi connectivity index (χ4n) is 3.50. The van der Waals surface area contributed by atoms with Gasteiger partial charge in [0, 0.05) is 24.0 Å². The van der Waals surface area contributed by atoms with Crippen molar-refractivity contribution in [3.8, 4) is 11.3 Å². The molecule has 0 aliphatic carbocycles. The number of hydrogen-bond acceptors (Lipinski definition) is 6. The van der Waals surface area contributed by atoms with Crippen LogP contribution in [0.4, 0.5) is 5.13 Å². The van der Waals surface area contributed by atoms with Crippen molar-refractivity contribution in [2.45, 2.75) is 18.7 Å². The molecule has 0 bridgehead atoms. The summed E-state index contributed by atoms with van der Waals surface area (Å²) in [6, 6.07) is 10.2. The average Bonchev–Trinajstić information content (AvgIpc) is 3.22. The minimum absolute atomic E-state index is 0.0176. The van der Waals surface area contributed by atoms with Crippen LogP contribution in [0.1, 0.15) is 21.5 Å². The van der Waals surface area contributed by atoms with Gasteiger partial charge in [-0.15, -0.1) is 11.3 Å². The van der Waals surface area contributed by atoms with Crippen molar-refractivity contribution in [1.82, 2.24) is 9.29 Å². The SMILES string of the molecule is Cc1ccc(-c2csc(NC(=O)c3cc(S(=O)(=O)N4CCOCC4)ccc3Cl)n2)c(C)c1. The van der Waals surface area contributed by atoms with Gasteiger partial charge >= 0.3 is 0 Å². The molecule has 10 heteroatoms. The molecule has 32 heavy (non-hydrogen) atoms. The van der Waals surface area contributed by atoms with Gasteiger partial charge in [0.15, 0.2) is 5.13 Å². The van der Waals surface area contributed by atoms with Gasteiger partial charge in [0.05, 0.1) is 34.4 Å². The molecule has 0 spiro atoms. The van der Waals surface area contributed by atoms with Gasteiger partial charge in [0.2, 0.25) is 10.0 Å². The first kappa shape index (κ1) is 22.9. The third-order valence-corrected chi connectivity index (χ3v) is 8.15. The molecule has 2 heterocycles. The first-order valence-corrected chi connectivity index (χ1v) is 12.7. The molecule has 3 aromatic rings. The fraction of sp³-hybridized carbons (Fsp3) is 0.273. The Morgan fingerprint density at radius 2 is 1.91 bits per heavy atom. The number of benzene rings is 2. The predicted molar refractivity (Wildman–Crippen MR) is 126 cm³/mol. The van der Waals surface area contributed by atoms with Gasteiger partial charge in [0.25, 0.3) is 5.91 Å². The Bertz CT molecular complexity index is 1270. The van der Waals surface area contributed by atoms with Crippen molar-refractivity contribution in [1.29, 1.82) is 0 Å². The molecular formula is C22H22ClN3O4S2. The number of nitrogens with zero attached hydrogens (tertiary/aromatic N) is 2.